The molecule has 1 N–H and O–H groups in total. The predicted octanol–water partition coefficient (Wildman–Crippen LogP) is 0.745. The highest BCUT2D eigenvalue weighted by Crippen LogP contribution is 2.09. The van der Waals surface area contributed by atoms with Crippen LogP contribution in [0.2, 0.25) is 0 Å². The van der Waals surface area contributed by atoms with E-state index < -0.39 is 0 Å². The molecule has 14 heavy (non-hydrogen) atoms. The lowest BCUT2D eigenvalue weighted by atomic mass is 10.6. The maximum absolute atomic E-state index is 11.2. The third kappa shape index (κ3) is 4.31. The highest BCUT2D eigenvalue weighted by molar-refractivity contribution is 7.13. The topological polar surface area (TPSA) is 60.5 Å². The molecule has 0 atom stereocenters. The molecule has 0 aliphatic heterocycles. The molecule has 6 heteroatoms. The van der Waals surface area contributed by atoms with Crippen LogP contribution in [0, 0.1) is 0 Å². The SMILES string of the molecule is COCCOCC(=O)Nc1nccs1. The van der Waals surface area contributed by atoms with E-state index in [-0.39, 0.29) is 12.5 Å². The second-order valence-corrected chi connectivity index (χ2v) is 3.33. The smallest absolute Gasteiger partial charge is 0.252 e. The quantitative estimate of drug-likeness (QED) is 0.713. The average molecular weight is 216 g/mol. The van der Waals surface area contributed by atoms with E-state index in [1.807, 2.05) is 0 Å². The van der Waals surface area contributed by atoms with Gasteiger partial charge in [-0.3, -0.25) is 10.1 Å². The van der Waals surface area contributed by atoms with E-state index in [0.717, 1.165) is 0 Å². The maximum Gasteiger partial charge on any atom is 0.252 e. The second kappa shape index (κ2) is 6.47. The molecule has 5 nitrogen and oxygen atoms in total. The first-order chi connectivity index (χ1) is 6.83. The van der Waals surface area contributed by atoms with Gasteiger partial charge in [0.15, 0.2) is 5.13 Å². The second-order valence-electron chi connectivity index (χ2n) is 2.43. The number of hydrogen-bond acceptors (Lipinski definition) is 5. The van der Waals surface area contributed by atoms with E-state index in [1.165, 1.54) is 11.3 Å². The van der Waals surface area contributed by atoms with Gasteiger partial charge in [0.2, 0.25) is 0 Å². The van der Waals surface area contributed by atoms with Crippen molar-refractivity contribution >= 4 is 22.4 Å². The first-order valence-electron chi connectivity index (χ1n) is 4.09. The van der Waals surface area contributed by atoms with Crippen molar-refractivity contribution in [2.75, 3.05) is 32.2 Å². The zero-order chi connectivity index (χ0) is 10.2. The Morgan fingerprint density at radius 2 is 2.50 bits per heavy atom. The van der Waals surface area contributed by atoms with E-state index >= 15 is 0 Å². The van der Waals surface area contributed by atoms with E-state index in [2.05, 4.69) is 10.3 Å². The van der Waals surface area contributed by atoms with Gasteiger partial charge in [0, 0.05) is 18.7 Å². The van der Waals surface area contributed by atoms with Gasteiger partial charge in [-0.05, 0) is 0 Å². The summed E-state index contributed by atoms with van der Waals surface area (Å²) in [4.78, 5) is 15.1. The molecular formula is C8H12N2O3S. The lowest BCUT2D eigenvalue weighted by molar-refractivity contribution is -0.121. The Labute approximate surface area is 86.1 Å². The zero-order valence-electron chi connectivity index (χ0n) is 7.86. The Morgan fingerprint density at radius 3 is 3.14 bits per heavy atom. The van der Waals surface area contributed by atoms with Crippen LogP contribution in [0.1, 0.15) is 0 Å². The number of nitrogens with zero attached hydrogens (tertiary/aromatic N) is 1. The van der Waals surface area contributed by atoms with Crippen LogP contribution in [0.25, 0.3) is 0 Å². The molecule has 1 amide bonds. The fraction of sp³-hybridized carbons (Fsp3) is 0.500. The van der Waals surface area contributed by atoms with Gasteiger partial charge in [-0.2, -0.15) is 0 Å². The predicted molar refractivity (Wildman–Crippen MR) is 53.4 cm³/mol. The summed E-state index contributed by atoms with van der Waals surface area (Å²) >= 11 is 1.37. The minimum absolute atomic E-state index is 0.0307. The van der Waals surface area contributed by atoms with Gasteiger partial charge in [-0.25, -0.2) is 4.98 Å². The summed E-state index contributed by atoms with van der Waals surface area (Å²) in [5.74, 6) is -0.198. The molecule has 0 saturated carbocycles. The number of rotatable bonds is 6. The number of hydrogen-bond donors (Lipinski definition) is 1. The van der Waals surface area contributed by atoms with Crippen LogP contribution in [-0.2, 0) is 14.3 Å². The molecule has 0 spiro atoms. The Balaban J connectivity index is 2.11. The molecule has 0 aromatic carbocycles. The molecule has 0 aliphatic rings. The van der Waals surface area contributed by atoms with Crippen molar-refractivity contribution in [1.29, 1.82) is 0 Å². The minimum atomic E-state index is -0.198. The number of amides is 1. The van der Waals surface area contributed by atoms with Gasteiger partial charge in [0.1, 0.15) is 6.61 Å². The van der Waals surface area contributed by atoms with Gasteiger partial charge >= 0.3 is 0 Å². The van der Waals surface area contributed by atoms with Crippen molar-refractivity contribution in [2.24, 2.45) is 0 Å². The van der Waals surface area contributed by atoms with Crippen LogP contribution in [0.15, 0.2) is 11.6 Å². The molecule has 0 bridgehead atoms. The van der Waals surface area contributed by atoms with Crippen LogP contribution in [-0.4, -0.2) is 37.8 Å². The lowest BCUT2D eigenvalue weighted by Crippen LogP contribution is -2.19. The molecule has 1 aromatic heterocycles. The highest BCUT2D eigenvalue weighted by Gasteiger charge is 2.03. The van der Waals surface area contributed by atoms with Crippen LogP contribution in [0.4, 0.5) is 5.13 Å². The summed E-state index contributed by atoms with van der Waals surface area (Å²) < 4.78 is 9.79. The fourth-order valence-electron chi connectivity index (χ4n) is 0.748. The molecule has 78 valence electrons. The molecule has 1 heterocycles. The third-order valence-electron chi connectivity index (χ3n) is 1.34. The monoisotopic (exact) mass is 216 g/mol. The number of methoxy groups -OCH3 is 1. The van der Waals surface area contributed by atoms with Gasteiger partial charge in [-0.15, -0.1) is 11.3 Å². The average Bonchev–Trinajstić information content (AvgIpc) is 2.65. The summed E-state index contributed by atoms with van der Waals surface area (Å²) in [6.07, 6.45) is 1.63. The Hall–Kier alpha value is -0.980. The number of carbonyl (C=O) groups is 1. The molecule has 1 rings (SSSR count). The first kappa shape index (κ1) is 11.1. The Bertz CT molecular complexity index is 264. The number of carbonyl (C=O) groups excluding carboxylic acids is 1. The van der Waals surface area contributed by atoms with E-state index in [4.69, 9.17) is 9.47 Å². The van der Waals surface area contributed by atoms with Gasteiger partial charge in [0.25, 0.3) is 5.91 Å². The van der Waals surface area contributed by atoms with Gasteiger partial charge in [-0.1, -0.05) is 0 Å². The lowest BCUT2D eigenvalue weighted by Gasteiger charge is -2.02. The summed E-state index contributed by atoms with van der Waals surface area (Å²) in [5.41, 5.74) is 0. The summed E-state index contributed by atoms with van der Waals surface area (Å²) in [5, 5.41) is 4.98. The maximum atomic E-state index is 11.2. The first-order valence-corrected chi connectivity index (χ1v) is 4.97. The van der Waals surface area contributed by atoms with E-state index in [1.54, 1.807) is 18.7 Å². The van der Waals surface area contributed by atoms with Crippen LogP contribution < -0.4 is 5.32 Å². The molecule has 0 saturated heterocycles. The number of thiazole rings is 1. The van der Waals surface area contributed by atoms with Crippen LogP contribution in [0.5, 0.6) is 0 Å². The fourth-order valence-corrected chi connectivity index (χ4v) is 1.29. The largest absolute Gasteiger partial charge is 0.382 e. The standard InChI is InChI=1S/C8H12N2O3S/c1-12-3-4-13-6-7(11)10-8-9-2-5-14-8/h2,5H,3-4,6H2,1H3,(H,9,10,11). The minimum Gasteiger partial charge on any atom is -0.382 e. The van der Waals surface area contributed by atoms with Crippen molar-refractivity contribution in [2.45, 2.75) is 0 Å². The normalized spacial score (nSPS) is 10.1. The van der Waals surface area contributed by atoms with E-state index in [9.17, 15) is 4.79 Å². The van der Waals surface area contributed by atoms with Crippen molar-refractivity contribution in [3.63, 3.8) is 0 Å². The van der Waals surface area contributed by atoms with Crippen LogP contribution in [0.3, 0.4) is 0 Å². The summed E-state index contributed by atoms with van der Waals surface area (Å²) in [6, 6.07) is 0. The van der Waals surface area contributed by atoms with Gasteiger partial charge in [0.05, 0.1) is 13.2 Å². The number of anilines is 1. The van der Waals surface area contributed by atoms with Crippen molar-refractivity contribution in [3.05, 3.63) is 11.6 Å². The van der Waals surface area contributed by atoms with Crippen molar-refractivity contribution in [3.8, 4) is 0 Å². The number of nitrogens with one attached hydrogen (secondary N) is 1. The van der Waals surface area contributed by atoms with Crippen LogP contribution >= 0.6 is 11.3 Å². The summed E-state index contributed by atoms with van der Waals surface area (Å²) in [7, 11) is 1.58. The molecule has 0 radical (unpaired) electrons. The molecular weight excluding hydrogens is 204 g/mol. The summed E-state index contributed by atoms with van der Waals surface area (Å²) in [6.45, 7) is 0.940. The van der Waals surface area contributed by atoms with Crippen molar-refractivity contribution < 1.29 is 14.3 Å². The molecule has 0 unspecified atom stereocenters. The Morgan fingerprint density at radius 1 is 1.64 bits per heavy atom. The zero-order valence-corrected chi connectivity index (χ0v) is 8.67. The Kier molecular flexibility index (Phi) is 5.13. The van der Waals surface area contributed by atoms with Gasteiger partial charge < -0.3 is 9.47 Å². The van der Waals surface area contributed by atoms with Crippen molar-refractivity contribution in [1.82, 2.24) is 4.98 Å². The number of aromatic nitrogens is 1. The highest BCUT2D eigenvalue weighted by atomic mass is 32.1. The number of ether oxygens (including phenoxy) is 2. The third-order valence-corrected chi connectivity index (χ3v) is 2.03. The molecule has 1 aromatic rings. The molecule has 0 fully saturated rings. The van der Waals surface area contributed by atoms with E-state index in [0.29, 0.717) is 18.3 Å². The molecule has 0 aliphatic carbocycles.